The van der Waals surface area contributed by atoms with Gasteiger partial charge in [0.2, 0.25) is 0 Å². The molecule has 0 atom stereocenters. The number of rotatable bonds is 4. The summed E-state index contributed by atoms with van der Waals surface area (Å²) in [6, 6.07) is 11.4. The third kappa shape index (κ3) is 4.51. The molecule has 1 amide bonds. The lowest BCUT2D eigenvalue weighted by molar-refractivity contribution is 0.102. The molecule has 5 nitrogen and oxygen atoms in total. The van der Waals surface area contributed by atoms with Crippen LogP contribution in [0.2, 0.25) is 0 Å². The molecule has 6 heteroatoms. The third-order valence-corrected chi connectivity index (χ3v) is 4.49. The molecule has 0 bridgehead atoms. The van der Waals surface area contributed by atoms with E-state index >= 15 is 0 Å². The van der Waals surface area contributed by atoms with E-state index < -0.39 is 0 Å². The number of carbonyl (C=O) groups excluding carboxylic acids is 1. The Bertz CT molecular complexity index is 651. The van der Waals surface area contributed by atoms with Crippen LogP contribution in [0.15, 0.2) is 40.9 Å². The molecular weight excluding hydrogens is 356 g/mol. The summed E-state index contributed by atoms with van der Waals surface area (Å²) in [5.74, 6) is 0.473. The number of benzene rings is 1. The topological polar surface area (TPSA) is 66.9 Å². The SMILES string of the molecule is O=C(Nc1ccc(Br)cc1)c1ccc(NC2CCCCC2)nn1. The first-order valence-corrected chi connectivity index (χ1v) is 8.67. The van der Waals surface area contributed by atoms with E-state index in [1.54, 1.807) is 6.07 Å². The molecule has 23 heavy (non-hydrogen) atoms. The minimum Gasteiger partial charge on any atom is -0.366 e. The smallest absolute Gasteiger partial charge is 0.276 e. The number of hydrogen-bond donors (Lipinski definition) is 2. The standard InChI is InChI=1S/C17H19BrN4O/c18-12-6-8-14(9-7-12)20-17(23)15-10-11-16(22-21-15)19-13-4-2-1-3-5-13/h6-11,13H,1-5H2,(H,19,22)(H,20,23). The normalized spacial score (nSPS) is 15.2. The highest BCUT2D eigenvalue weighted by molar-refractivity contribution is 9.10. The molecule has 3 rings (SSSR count). The van der Waals surface area contributed by atoms with Crippen LogP contribution in [0.25, 0.3) is 0 Å². The second kappa shape index (κ2) is 7.55. The molecule has 0 radical (unpaired) electrons. The molecule has 1 aromatic heterocycles. The van der Waals surface area contributed by atoms with Crippen molar-refractivity contribution < 1.29 is 4.79 Å². The molecule has 1 aliphatic carbocycles. The Balaban J connectivity index is 1.59. The van der Waals surface area contributed by atoms with Crippen molar-refractivity contribution in [2.45, 2.75) is 38.1 Å². The number of amides is 1. The van der Waals surface area contributed by atoms with Crippen LogP contribution in [0.3, 0.4) is 0 Å². The molecule has 120 valence electrons. The number of carbonyl (C=O) groups is 1. The summed E-state index contributed by atoms with van der Waals surface area (Å²) in [7, 11) is 0. The van der Waals surface area contributed by atoms with Gasteiger partial charge in [0.05, 0.1) is 0 Å². The van der Waals surface area contributed by atoms with Crippen LogP contribution in [-0.4, -0.2) is 22.1 Å². The maximum atomic E-state index is 12.2. The van der Waals surface area contributed by atoms with Crippen LogP contribution in [0.4, 0.5) is 11.5 Å². The Kier molecular flexibility index (Phi) is 5.23. The second-order valence-corrected chi connectivity index (χ2v) is 6.66. The van der Waals surface area contributed by atoms with Gasteiger partial charge < -0.3 is 10.6 Å². The second-order valence-electron chi connectivity index (χ2n) is 5.74. The molecule has 0 aliphatic heterocycles. The Morgan fingerprint density at radius 3 is 2.39 bits per heavy atom. The van der Waals surface area contributed by atoms with Crippen molar-refractivity contribution in [1.29, 1.82) is 0 Å². The average Bonchev–Trinajstić information content (AvgIpc) is 2.58. The minimum absolute atomic E-state index is 0.260. The molecule has 1 heterocycles. The molecule has 1 saturated carbocycles. The number of anilines is 2. The predicted octanol–water partition coefficient (Wildman–Crippen LogP) is 4.24. The van der Waals surface area contributed by atoms with E-state index in [4.69, 9.17) is 0 Å². The van der Waals surface area contributed by atoms with Gasteiger partial charge in [-0.25, -0.2) is 0 Å². The van der Waals surface area contributed by atoms with Gasteiger partial charge in [0, 0.05) is 16.2 Å². The largest absolute Gasteiger partial charge is 0.366 e. The number of halogens is 1. The highest BCUT2D eigenvalue weighted by atomic mass is 79.9. The maximum Gasteiger partial charge on any atom is 0.276 e. The molecule has 0 saturated heterocycles. The number of nitrogens with one attached hydrogen (secondary N) is 2. The van der Waals surface area contributed by atoms with Gasteiger partial charge in [0.15, 0.2) is 5.69 Å². The number of hydrogen-bond acceptors (Lipinski definition) is 4. The van der Waals surface area contributed by atoms with Crippen molar-refractivity contribution in [2.24, 2.45) is 0 Å². The van der Waals surface area contributed by atoms with Crippen LogP contribution < -0.4 is 10.6 Å². The van der Waals surface area contributed by atoms with Gasteiger partial charge in [-0.15, -0.1) is 10.2 Å². The third-order valence-electron chi connectivity index (χ3n) is 3.96. The molecule has 0 unspecified atom stereocenters. The Labute approximate surface area is 144 Å². The summed E-state index contributed by atoms with van der Waals surface area (Å²) in [4.78, 5) is 12.2. The van der Waals surface area contributed by atoms with Crippen LogP contribution in [-0.2, 0) is 0 Å². The van der Waals surface area contributed by atoms with Crippen molar-refractivity contribution in [2.75, 3.05) is 10.6 Å². The van der Waals surface area contributed by atoms with Crippen LogP contribution >= 0.6 is 15.9 Å². The first kappa shape index (κ1) is 15.9. The van der Waals surface area contributed by atoms with Crippen LogP contribution in [0.1, 0.15) is 42.6 Å². The Hall–Kier alpha value is -1.95. The minimum atomic E-state index is -0.260. The number of aromatic nitrogens is 2. The van der Waals surface area contributed by atoms with Gasteiger partial charge in [0.25, 0.3) is 5.91 Å². The molecule has 0 spiro atoms. The van der Waals surface area contributed by atoms with E-state index in [0.29, 0.717) is 11.7 Å². The summed E-state index contributed by atoms with van der Waals surface area (Å²) in [6.07, 6.45) is 6.19. The maximum absolute atomic E-state index is 12.2. The average molecular weight is 375 g/mol. The fraction of sp³-hybridized carbons (Fsp3) is 0.353. The summed E-state index contributed by atoms with van der Waals surface area (Å²) in [5, 5.41) is 14.3. The molecule has 2 N–H and O–H groups in total. The summed E-state index contributed by atoms with van der Waals surface area (Å²) in [6.45, 7) is 0. The van der Waals surface area contributed by atoms with E-state index in [9.17, 15) is 4.79 Å². The van der Waals surface area contributed by atoms with Gasteiger partial charge in [-0.1, -0.05) is 35.2 Å². The van der Waals surface area contributed by atoms with Gasteiger partial charge in [-0.05, 0) is 49.2 Å². The van der Waals surface area contributed by atoms with Gasteiger partial charge in [-0.3, -0.25) is 4.79 Å². The van der Waals surface area contributed by atoms with Gasteiger partial charge in [0.1, 0.15) is 5.82 Å². The highest BCUT2D eigenvalue weighted by Gasteiger charge is 2.14. The first-order chi connectivity index (χ1) is 11.2. The van der Waals surface area contributed by atoms with Gasteiger partial charge >= 0.3 is 0 Å². The van der Waals surface area contributed by atoms with Crippen LogP contribution in [0, 0.1) is 0 Å². The monoisotopic (exact) mass is 374 g/mol. The predicted molar refractivity (Wildman–Crippen MR) is 94.6 cm³/mol. The lowest BCUT2D eigenvalue weighted by atomic mass is 9.95. The van der Waals surface area contributed by atoms with Crippen molar-refractivity contribution in [1.82, 2.24) is 10.2 Å². The summed E-state index contributed by atoms with van der Waals surface area (Å²) >= 11 is 3.36. The van der Waals surface area contributed by atoms with E-state index in [1.807, 2.05) is 30.3 Å². The Morgan fingerprint density at radius 2 is 1.74 bits per heavy atom. The number of nitrogens with zero attached hydrogens (tertiary/aromatic N) is 2. The van der Waals surface area contributed by atoms with Crippen molar-refractivity contribution in [3.63, 3.8) is 0 Å². The molecule has 2 aromatic rings. The van der Waals surface area contributed by atoms with Crippen molar-refractivity contribution >= 4 is 33.3 Å². The lowest BCUT2D eigenvalue weighted by Gasteiger charge is -2.22. The quantitative estimate of drug-likeness (QED) is 0.839. The van der Waals surface area contributed by atoms with E-state index in [-0.39, 0.29) is 5.91 Å². The zero-order valence-corrected chi connectivity index (χ0v) is 14.3. The van der Waals surface area contributed by atoms with Gasteiger partial charge in [-0.2, -0.15) is 0 Å². The van der Waals surface area contributed by atoms with Crippen molar-refractivity contribution in [3.05, 3.63) is 46.6 Å². The molecule has 1 aromatic carbocycles. The first-order valence-electron chi connectivity index (χ1n) is 7.88. The summed E-state index contributed by atoms with van der Waals surface area (Å²) < 4.78 is 0.966. The van der Waals surface area contributed by atoms with E-state index in [2.05, 4.69) is 36.8 Å². The highest BCUT2D eigenvalue weighted by Crippen LogP contribution is 2.20. The van der Waals surface area contributed by atoms with E-state index in [1.165, 1.54) is 32.1 Å². The van der Waals surface area contributed by atoms with E-state index in [0.717, 1.165) is 16.0 Å². The fourth-order valence-corrected chi connectivity index (χ4v) is 2.98. The van der Waals surface area contributed by atoms with Crippen LogP contribution in [0.5, 0.6) is 0 Å². The molecular formula is C17H19BrN4O. The Morgan fingerprint density at radius 1 is 1.00 bits per heavy atom. The lowest BCUT2D eigenvalue weighted by Crippen LogP contribution is -2.23. The molecule has 1 aliphatic rings. The zero-order chi connectivity index (χ0) is 16.1. The summed E-state index contributed by atoms with van der Waals surface area (Å²) in [5.41, 5.74) is 1.03. The fourth-order valence-electron chi connectivity index (χ4n) is 2.71. The van der Waals surface area contributed by atoms with Crippen molar-refractivity contribution in [3.8, 4) is 0 Å². The zero-order valence-electron chi connectivity index (χ0n) is 12.8. The molecule has 1 fully saturated rings.